The van der Waals surface area contributed by atoms with E-state index in [4.69, 9.17) is 10.6 Å². The van der Waals surface area contributed by atoms with Crippen molar-refractivity contribution in [1.29, 1.82) is 0 Å². The third-order valence-corrected chi connectivity index (χ3v) is 2.81. The van der Waals surface area contributed by atoms with Crippen molar-refractivity contribution in [3.8, 4) is 11.8 Å². The van der Waals surface area contributed by atoms with Gasteiger partial charge in [0.25, 0.3) is 0 Å². The molecule has 0 aromatic carbocycles. The Morgan fingerprint density at radius 3 is 2.73 bits per heavy atom. The van der Waals surface area contributed by atoms with Gasteiger partial charge in [-0.1, -0.05) is 0 Å². The van der Waals surface area contributed by atoms with Crippen molar-refractivity contribution in [3.63, 3.8) is 0 Å². The maximum Gasteiger partial charge on any atom is 0.0769 e. The molecule has 0 bridgehead atoms. The summed E-state index contributed by atoms with van der Waals surface area (Å²) < 4.78 is 5.76. The molecule has 0 amide bonds. The number of nitrogens with two attached hydrogens (primary N) is 1. The van der Waals surface area contributed by atoms with E-state index in [1.165, 1.54) is 12.8 Å². The van der Waals surface area contributed by atoms with Crippen molar-refractivity contribution < 1.29 is 4.74 Å². The van der Waals surface area contributed by atoms with Crippen LogP contribution >= 0.6 is 0 Å². The third-order valence-electron chi connectivity index (χ3n) is 2.81. The lowest BCUT2D eigenvalue weighted by atomic mass is 10.0. The zero-order chi connectivity index (χ0) is 11.1. The molecule has 3 nitrogen and oxygen atoms in total. The van der Waals surface area contributed by atoms with Gasteiger partial charge in [-0.15, -0.1) is 11.8 Å². The average Bonchev–Trinajstić information content (AvgIpc) is 3.06. The van der Waals surface area contributed by atoms with Crippen molar-refractivity contribution >= 4 is 0 Å². The summed E-state index contributed by atoms with van der Waals surface area (Å²) in [5.41, 5.74) is 2.87. The Hall–Kier alpha value is -0.560. The van der Waals surface area contributed by atoms with Crippen molar-refractivity contribution in [2.75, 3.05) is 6.61 Å². The van der Waals surface area contributed by atoms with Crippen LogP contribution in [0.4, 0.5) is 0 Å². The second kappa shape index (κ2) is 6.84. The van der Waals surface area contributed by atoms with Crippen LogP contribution in [0.15, 0.2) is 0 Å². The van der Waals surface area contributed by atoms with Crippen LogP contribution in [-0.2, 0) is 4.74 Å². The molecular weight excluding hydrogens is 188 g/mol. The minimum absolute atomic E-state index is 0.248. The lowest BCUT2D eigenvalue weighted by Crippen LogP contribution is -2.46. The van der Waals surface area contributed by atoms with Gasteiger partial charge in [-0.3, -0.25) is 11.3 Å². The highest BCUT2D eigenvalue weighted by molar-refractivity contribution is 4.97. The Labute approximate surface area is 92.7 Å². The molecule has 86 valence electrons. The average molecular weight is 210 g/mol. The van der Waals surface area contributed by atoms with Gasteiger partial charge >= 0.3 is 0 Å². The monoisotopic (exact) mass is 210 g/mol. The lowest BCUT2D eigenvalue weighted by Gasteiger charge is -2.25. The fourth-order valence-corrected chi connectivity index (χ4v) is 1.89. The number of ether oxygens (including phenoxy) is 1. The number of hydrazine groups is 1. The van der Waals surface area contributed by atoms with Crippen LogP contribution in [0.25, 0.3) is 0 Å². The zero-order valence-electron chi connectivity index (χ0n) is 9.75. The van der Waals surface area contributed by atoms with E-state index in [1.807, 2.05) is 13.8 Å². The van der Waals surface area contributed by atoms with Crippen LogP contribution in [-0.4, -0.2) is 18.8 Å². The molecule has 1 aliphatic rings. The summed E-state index contributed by atoms with van der Waals surface area (Å²) in [4.78, 5) is 0. The van der Waals surface area contributed by atoms with Crippen molar-refractivity contribution in [2.24, 2.45) is 11.8 Å². The topological polar surface area (TPSA) is 47.3 Å². The summed E-state index contributed by atoms with van der Waals surface area (Å²) in [7, 11) is 0. The number of hydrogen-bond acceptors (Lipinski definition) is 3. The Morgan fingerprint density at radius 2 is 2.27 bits per heavy atom. The summed E-state index contributed by atoms with van der Waals surface area (Å²) in [6.07, 6.45) is 4.70. The standard InChI is InChI=1S/C12H22N2O/c1-3-5-6-7-11(14-13)12(15-4-2)10-8-9-10/h10-12,14H,4,6-9,13H2,1-2H3. The molecular formula is C12H22N2O. The molecule has 1 rings (SSSR count). The zero-order valence-corrected chi connectivity index (χ0v) is 9.75. The van der Waals surface area contributed by atoms with Gasteiger partial charge in [-0.2, -0.15) is 0 Å². The van der Waals surface area contributed by atoms with E-state index in [2.05, 4.69) is 17.3 Å². The van der Waals surface area contributed by atoms with Gasteiger partial charge in [0.1, 0.15) is 0 Å². The second-order valence-electron chi connectivity index (χ2n) is 4.00. The predicted octanol–water partition coefficient (Wildman–Crippen LogP) is 1.44. The smallest absolute Gasteiger partial charge is 0.0769 e. The minimum Gasteiger partial charge on any atom is -0.377 e. The molecule has 3 N–H and O–H groups in total. The van der Waals surface area contributed by atoms with E-state index in [1.54, 1.807) is 0 Å². The van der Waals surface area contributed by atoms with Crippen LogP contribution in [0, 0.1) is 17.8 Å². The number of hydrogen-bond donors (Lipinski definition) is 2. The molecule has 0 aromatic heterocycles. The summed E-state index contributed by atoms with van der Waals surface area (Å²) in [6.45, 7) is 4.67. The molecule has 2 atom stereocenters. The minimum atomic E-state index is 0.248. The van der Waals surface area contributed by atoms with Crippen molar-refractivity contribution in [1.82, 2.24) is 5.43 Å². The first-order chi connectivity index (χ1) is 7.33. The molecule has 0 heterocycles. The van der Waals surface area contributed by atoms with Crippen LogP contribution in [0.2, 0.25) is 0 Å². The third kappa shape index (κ3) is 4.21. The number of rotatable bonds is 7. The van der Waals surface area contributed by atoms with Gasteiger partial charge in [0, 0.05) is 19.1 Å². The van der Waals surface area contributed by atoms with Crippen molar-refractivity contribution in [3.05, 3.63) is 0 Å². The molecule has 0 radical (unpaired) electrons. The molecule has 1 aliphatic carbocycles. The van der Waals surface area contributed by atoms with Crippen LogP contribution < -0.4 is 11.3 Å². The molecule has 15 heavy (non-hydrogen) atoms. The quantitative estimate of drug-likeness (QED) is 0.380. The van der Waals surface area contributed by atoms with Gasteiger partial charge < -0.3 is 4.74 Å². The molecule has 3 heteroatoms. The van der Waals surface area contributed by atoms with Gasteiger partial charge in [0.05, 0.1) is 6.10 Å². The molecule has 0 aromatic rings. The van der Waals surface area contributed by atoms with Gasteiger partial charge in [-0.25, -0.2) is 0 Å². The Morgan fingerprint density at radius 1 is 1.53 bits per heavy atom. The molecule has 0 spiro atoms. The highest BCUT2D eigenvalue weighted by atomic mass is 16.5. The summed E-state index contributed by atoms with van der Waals surface area (Å²) in [6, 6.07) is 0.248. The normalized spacial score (nSPS) is 19.1. The highest BCUT2D eigenvalue weighted by Gasteiger charge is 2.36. The molecule has 0 saturated heterocycles. The van der Waals surface area contributed by atoms with Crippen LogP contribution in [0.5, 0.6) is 0 Å². The fourth-order valence-electron chi connectivity index (χ4n) is 1.89. The summed E-state index contributed by atoms with van der Waals surface area (Å²) in [5, 5.41) is 0. The maximum absolute atomic E-state index is 5.76. The van der Waals surface area contributed by atoms with Gasteiger partial charge in [0.15, 0.2) is 0 Å². The van der Waals surface area contributed by atoms with E-state index in [0.717, 1.165) is 19.4 Å². The maximum atomic E-state index is 5.76. The van der Waals surface area contributed by atoms with E-state index in [0.29, 0.717) is 5.92 Å². The SMILES string of the molecule is CC#CCCC(NN)C(OCC)C1CC1. The molecule has 1 fully saturated rings. The molecule has 0 aliphatic heterocycles. The number of nitrogens with one attached hydrogen (secondary N) is 1. The van der Waals surface area contributed by atoms with Gasteiger partial charge in [-0.05, 0) is 39.0 Å². The lowest BCUT2D eigenvalue weighted by molar-refractivity contribution is 0.0173. The Bertz CT molecular complexity index is 228. The molecule has 1 saturated carbocycles. The second-order valence-corrected chi connectivity index (χ2v) is 4.00. The van der Waals surface area contributed by atoms with Crippen LogP contribution in [0.1, 0.15) is 39.5 Å². The fraction of sp³-hybridized carbons (Fsp3) is 0.833. The first kappa shape index (κ1) is 12.5. The van der Waals surface area contributed by atoms with Crippen LogP contribution in [0.3, 0.4) is 0 Å². The molecule has 2 unspecified atom stereocenters. The largest absolute Gasteiger partial charge is 0.377 e. The Kier molecular flexibility index (Phi) is 5.70. The predicted molar refractivity (Wildman–Crippen MR) is 61.9 cm³/mol. The van der Waals surface area contributed by atoms with E-state index in [9.17, 15) is 0 Å². The van der Waals surface area contributed by atoms with Crippen molar-refractivity contribution in [2.45, 2.75) is 51.7 Å². The summed E-state index contributed by atoms with van der Waals surface area (Å²) in [5.74, 6) is 12.3. The van der Waals surface area contributed by atoms with E-state index < -0.39 is 0 Å². The first-order valence-electron chi connectivity index (χ1n) is 5.80. The Balaban J connectivity index is 2.39. The van der Waals surface area contributed by atoms with E-state index in [-0.39, 0.29) is 12.1 Å². The van der Waals surface area contributed by atoms with E-state index >= 15 is 0 Å². The summed E-state index contributed by atoms with van der Waals surface area (Å²) >= 11 is 0. The highest BCUT2D eigenvalue weighted by Crippen LogP contribution is 2.36. The van der Waals surface area contributed by atoms with Gasteiger partial charge in [0.2, 0.25) is 0 Å². The first-order valence-corrected chi connectivity index (χ1v) is 5.80.